The van der Waals surface area contributed by atoms with Crippen molar-refractivity contribution < 1.29 is 22.0 Å². The monoisotopic (exact) mass is 559 g/mol. The molecule has 39 heavy (non-hydrogen) atoms. The van der Waals surface area contributed by atoms with E-state index in [2.05, 4.69) is 28.8 Å². The second kappa shape index (κ2) is 9.53. The van der Waals surface area contributed by atoms with Crippen LogP contribution in [0, 0.1) is 18.3 Å². The van der Waals surface area contributed by atoms with E-state index >= 15 is 0 Å². The quantitative estimate of drug-likeness (QED) is 0.449. The maximum absolute atomic E-state index is 15.0. The molecule has 1 saturated heterocycles. The zero-order valence-electron chi connectivity index (χ0n) is 23.0. The smallest absolute Gasteiger partial charge is 0.269 e. The molecule has 0 bridgehead atoms. The number of hydrogen-bond acceptors (Lipinski definition) is 6. The van der Waals surface area contributed by atoms with E-state index in [4.69, 9.17) is 0 Å². The summed E-state index contributed by atoms with van der Waals surface area (Å²) in [6, 6.07) is 7.38. The molecule has 2 aromatic heterocycles. The van der Waals surface area contributed by atoms with E-state index in [9.17, 15) is 22.0 Å². The third-order valence-electron chi connectivity index (χ3n) is 7.85. The molecule has 1 amide bonds. The summed E-state index contributed by atoms with van der Waals surface area (Å²) in [4.78, 5) is 21.0. The van der Waals surface area contributed by atoms with E-state index in [1.807, 2.05) is 35.8 Å². The number of carbonyl (C=O) groups is 1. The van der Waals surface area contributed by atoms with E-state index in [0.717, 1.165) is 46.7 Å². The summed E-state index contributed by atoms with van der Waals surface area (Å²) >= 11 is 0. The van der Waals surface area contributed by atoms with Crippen molar-refractivity contribution in [3.63, 3.8) is 0 Å². The number of anilines is 2. The molecule has 210 valence electrons. The van der Waals surface area contributed by atoms with E-state index in [-0.39, 0.29) is 29.8 Å². The van der Waals surface area contributed by atoms with Crippen LogP contribution in [-0.4, -0.2) is 64.8 Å². The molecule has 0 saturated carbocycles. The molecule has 0 radical (unpaired) electrons. The van der Waals surface area contributed by atoms with Gasteiger partial charge in [-0.3, -0.25) is 4.79 Å². The molecule has 1 fully saturated rings. The molecule has 3 aromatic rings. The predicted octanol–water partition coefficient (Wildman–Crippen LogP) is 4.74. The van der Waals surface area contributed by atoms with Crippen molar-refractivity contribution >= 4 is 32.8 Å². The van der Waals surface area contributed by atoms with Gasteiger partial charge in [-0.25, -0.2) is 26.7 Å². The molecule has 1 aromatic carbocycles. The van der Waals surface area contributed by atoms with E-state index in [1.165, 1.54) is 7.05 Å². The highest BCUT2D eigenvalue weighted by Gasteiger charge is 2.43. The van der Waals surface area contributed by atoms with Gasteiger partial charge in [-0.15, -0.1) is 0 Å². The summed E-state index contributed by atoms with van der Waals surface area (Å²) in [7, 11) is -1.78. The predicted molar refractivity (Wildman–Crippen MR) is 146 cm³/mol. The van der Waals surface area contributed by atoms with Crippen LogP contribution in [-0.2, 0) is 21.1 Å². The number of amides is 1. The van der Waals surface area contributed by atoms with Gasteiger partial charge in [0.05, 0.1) is 34.8 Å². The van der Waals surface area contributed by atoms with Gasteiger partial charge < -0.3 is 9.80 Å². The Morgan fingerprint density at radius 1 is 1.18 bits per heavy atom. The van der Waals surface area contributed by atoms with Crippen molar-refractivity contribution in [1.82, 2.24) is 19.5 Å². The standard InChI is InChI=1S/C28H35F2N5O3S/c1-18-14-24-31-16-23-22(35(24)32-18)15-27(2,3)17-34(23)21-8-6-19(7-9-21)25(28(4,29)30)33(5)26(36)20-10-12-39(37,38)13-11-20/h6-9,14,16,20,25H,10-13,15,17H2,1-5H3/t25-/m0/s1. The molecule has 0 N–H and O–H groups in total. The highest BCUT2D eigenvalue weighted by Crippen LogP contribution is 2.42. The van der Waals surface area contributed by atoms with Gasteiger partial charge in [0.1, 0.15) is 15.9 Å². The Hall–Kier alpha value is -3.08. The fourth-order valence-electron chi connectivity index (χ4n) is 5.98. The summed E-state index contributed by atoms with van der Waals surface area (Å²) in [6.45, 7) is 7.83. The number of alkyl halides is 2. The van der Waals surface area contributed by atoms with Gasteiger partial charge in [0.25, 0.3) is 5.92 Å². The molecule has 0 aliphatic carbocycles. The van der Waals surface area contributed by atoms with Crippen LogP contribution in [0.15, 0.2) is 36.5 Å². The highest BCUT2D eigenvalue weighted by molar-refractivity contribution is 7.91. The van der Waals surface area contributed by atoms with Gasteiger partial charge in [-0.1, -0.05) is 26.0 Å². The maximum atomic E-state index is 15.0. The number of nitrogens with zero attached hydrogens (tertiary/aromatic N) is 5. The van der Waals surface area contributed by atoms with Crippen LogP contribution in [0.5, 0.6) is 0 Å². The van der Waals surface area contributed by atoms with Crippen molar-refractivity contribution in [1.29, 1.82) is 0 Å². The lowest BCUT2D eigenvalue weighted by Gasteiger charge is -2.40. The Kier molecular flexibility index (Phi) is 6.72. The van der Waals surface area contributed by atoms with Crippen LogP contribution >= 0.6 is 0 Å². The fraction of sp³-hybridized carbons (Fsp3) is 0.536. The molecule has 1 atom stereocenters. The number of sulfone groups is 1. The first-order valence-electron chi connectivity index (χ1n) is 13.2. The van der Waals surface area contributed by atoms with Gasteiger partial charge in [-0.2, -0.15) is 5.10 Å². The SMILES string of the molecule is Cc1cc2ncc3c(n2n1)CC(C)(C)CN3c1ccc([C@H](N(C)C(=O)C2CCS(=O)(=O)CC2)C(C)(F)F)cc1. The summed E-state index contributed by atoms with van der Waals surface area (Å²) in [5.74, 6) is -4.42. The average molecular weight is 560 g/mol. The van der Waals surface area contributed by atoms with Gasteiger partial charge in [-0.05, 0) is 49.3 Å². The third kappa shape index (κ3) is 5.37. The minimum absolute atomic E-state index is 0.0705. The number of hydrogen-bond donors (Lipinski definition) is 0. The van der Waals surface area contributed by atoms with Crippen LogP contribution in [0.4, 0.5) is 20.2 Å². The zero-order chi connectivity index (χ0) is 28.3. The van der Waals surface area contributed by atoms with Gasteiger partial charge in [0, 0.05) is 38.2 Å². The van der Waals surface area contributed by atoms with Crippen LogP contribution in [0.3, 0.4) is 0 Å². The summed E-state index contributed by atoms with van der Waals surface area (Å²) in [6.07, 6.45) is 2.98. The molecule has 4 heterocycles. The average Bonchev–Trinajstić information content (AvgIpc) is 3.23. The summed E-state index contributed by atoms with van der Waals surface area (Å²) < 4.78 is 55.4. The number of carbonyl (C=O) groups excluding carboxylic acids is 1. The van der Waals surface area contributed by atoms with Crippen molar-refractivity contribution in [2.75, 3.05) is 30.0 Å². The van der Waals surface area contributed by atoms with Crippen LogP contribution < -0.4 is 4.90 Å². The van der Waals surface area contributed by atoms with E-state index < -0.39 is 33.6 Å². The molecular weight excluding hydrogens is 524 g/mol. The first-order valence-corrected chi connectivity index (χ1v) is 15.0. The van der Waals surface area contributed by atoms with Crippen molar-refractivity contribution in [3.8, 4) is 0 Å². The third-order valence-corrected chi connectivity index (χ3v) is 9.56. The first kappa shape index (κ1) is 27.5. The Morgan fingerprint density at radius 3 is 2.44 bits per heavy atom. The number of aryl methyl sites for hydroxylation is 1. The van der Waals surface area contributed by atoms with Gasteiger partial charge >= 0.3 is 0 Å². The second-order valence-corrected chi connectivity index (χ2v) is 14.2. The lowest BCUT2D eigenvalue weighted by Crippen LogP contribution is -2.44. The number of aromatic nitrogens is 3. The Morgan fingerprint density at radius 2 is 1.82 bits per heavy atom. The van der Waals surface area contributed by atoms with Crippen molar-refractivity contribution in [3.05, 3.63) is 53.5 Å². The number of fused-ring (bicyclic) bond motifs is 3. The lowest BCUT2D eigenvalue weighted by atomic mass is 9.83. The first-order chi connectivity index (χ1) is 18.2. The fourth-order valence-corrected chi connectivity index (χ4v) is 7.47. The Labute approximate surface area is 227 Å². The molecule has 5 rings (SSSR count). The van der Waals surface area contributed by atoms with Crippen LogP contribution in [0.1, 0.15) is 56.6 Å². The second-order valence-electron chi connectivity index (χ2n) is 11.9. The van der Waals surface area contributed by atoms with Crippen LogP contribution in [0.25, 0.3) is 5.65 Å². The molecule has 0 unspecified atom stereocenters. The van der Waals surface area contributed by atoms with Crippen molar-refractivity contribution in [2.45, 2.75) is 58.9 Å². The Bertz CT molecular complexity index is 1500. The van der Waals surface area contributed by atoms with E-state index in [1.54, 1.807) is 12.1 Å². The Balaban J connectivity index is 1.45. The molecule has 8 nitrogen and oxygen atoms in total. The number of rotatable bonds is 5. The molecule has 2 aliphatic rings. The minimum atomic E-state index is -3.21. The summed E-state index contributed by atoms with van der Waals surface area (Å²) in [5, 5.41) is 4.64. The molecule has 11 heteroatoms. The number of benzene rings is 1. The lowest BCUT2D eigenvalue weighted by molar-refractivity contribution is -0.146. The normalized spacial score (nSPS) is 20.0. The molecule has 2 aliphatic heterocycles. The van der Waals surface area contributed by atoms with Gasteiger partial charge in [0.15, 0.2) is 5.65 Å². The largest absolute Gasteiger partial charge is 0.338 e. The van der Waals surface area contributed by atoms with Crippen LogP contribution in [0.2, 0.25) is 0 Å². The molecular formula is C28H35F2N5O3S. The van der Waals surface area contributed by atoms with Gasteiger partial charge in [0.2, 0.25) is 5.91 Å². The molecule has 0 spiro atoms. The van der Waals surface area contributed by atoms with E-state index in [0.29, 0.717) is 12.1 Å². The maximum Gasteiger partial charge on any atom is 0.269 e. The topological polar surface area (TPSA) is 87.9 Å². The minimum Gasteiger partial charge on any atom is -0.338 e. The highest BCUT2D eigenvalue weighted by atomic mass is 32.2. The summed E-state index contributed by atoms with van der Waals surface area (Å²) in [5.41, 5.74) is 4.73. The van der Waals surface area contributed by atoms with Crippen molar-refractivity contribution in [2.24, 2.45) is 11.3 Å². The number of halogens is 2. The zero-order valence-corrected chi connectivity index (χ0v) is 23.8.